The molecule has 0 fully saturated rings. The van der Waals surface area contributed by atoms with Crippen molar-refractivity contribution in [1.82, 2.24) is 4.98 Å². The number of carbonyl (C=O) groups is 1. The lowest BCUT2D eigenvalue weighted by atomic mass is 10.2. The van der Waals surface area contributed by atoms with Crippen LogP contribution in [0.5, 0.6) is 0 Å². The van der Waals surface area contributed by atoms with Crippen molar-refractivity contribution >= 4 is 28.5 Å². The fraction of sp³-hybridized carbons (Fsp3) is 0. The second-order valence-electron chi connectivity index (χ2n) is 3.02. The molecule has 1 amide bonds. The molecule has 2 aromatic heterocycles. The summed E-state index contributed by atoms with van der Waals surface area (Å²) in [5, 5.41) is 13.6. The van der Waals surface area contributed by atoms with Crippen LogP contribution < -0.4 is 5.32 Å². The van der Waals surface area contributed by atoms with E-state index in [1.54, 1.807) is 17.6 Å². The van der Waals surface area contributed by atoms with Crippen LogP contribution in [0.4, 0.5) is 5.13 Å². The summed E-state index contributed by atoms with van der Waals surface area (Å²) in [6.07, 6.45) is 5.95. The Hall–Kier alpha value is -2.39. The third-order valence-electron chi connectivity index (χ3n) is 1.87. The number of amides is 1. The molecule has 0 atom stereocenters. The molecule has 0 aliphatic rings. The molecule has 2 aromatic rings. The Bertz CT molecular complexity index is 564. The van der Waals surface area contributed by atoms with Gasteiger partial charge in [0.25, 0.3) is 5.91 Å². The van der Waals surface area contributed by atoms with Crippen molar-refractivity contribution in [2.75, 3.05) is 5.32 Å². The maximum atomic E-state index is 11.7. The first-order valence-electron chi connectivity index (χ1n) is 4.64. The van der Waals surface area contributed by atoms with Crippen LogP contribution in [-0.2, 0) is 4.79 Å². The lowest BCUT2D eigenvalue weighted by Gasteiger charge is -1.98. The molecule has 0 aliphatic carbocycles. The molecule has 0 aliphatic heterocycles. The fourth-order valence-electron chi connectivity index (χ4n) is 1.12. The Morgan fingerprint density at radius 3 is 3.12 bits per heavy atom. The standard InChI is InChI=1S/C11H7N3O2S/c12-6-9(5-8-1-3-16-7-8)10(15)14-11-13-2-4-17-11/h1-5,7H,(H,13,14,15). The number of aromatic nitrogens is 1. The number of nitrogens with zero attached hydrogens (tertiary/aromatic N) is 2. The number of furan rings is 1. The summed E-state index contributed by atoms with van der Waals surface area (Å²) in [6.45, 7) is 0. The molecule has 0 aromatic carbocycles. The zero-order chi connectivity index (χ0) is 12.1. The minimum Gasteiger partial charge on any atom is -0.472 e. The molecule has 0 saturated carbocycles. The van der Waals surface area contributed by atoms with Crippen LogP contribution in [0.2, 0.25) is 0 Å². The van der Waals surface area contributed by atoms with E-state index in [1.807, 2.05) is 6.07 Å². The van der Waals surface area contributed by atoms with Crippen LogP contribution in [0.3, 0.4) is 0 Å². The zero-order valence-corrected chi connectivity index (χ0v) is 9.40. The summed E-state index contributed by atoms with van der Waals surface area (Å²) in [6, 6.07) is 3.50. The third kappa shape index (κ3) is 2.80. The Labute approximate surface area is 101 Å². The van der Waals surface area contributed by atoms with Gasteiger partial charge in [0.1, 0.15) is 11.6 Å². The topological polar surface area (TPSA) is 78.9 Å². The highest BCUT2D eigenvalue weighted by Crippen LogP contribution is 2.13. The SMILES string of the molecule is N#CC(=Cc1ccoc1)C(=O)Nc1nccs1. The summed E-state index contributed by atoms with van der Waals surface area (Å²) in [7, 11) is 0. The first kappa shape index (κ1) is 11.1. The van der Waals surface area contributed by atoms with Gasteiger partial charge < -0.3 is 4.42 Å². The zero-order valence-electron chi connectivity index (χ0n) is 8.58. The number of nitrogens with one attached hydrogen (secondary N) is 1. The van der Waals surface area contributed by atoms with Crippen LogP contribution in [0.15, 0.2) is 40.2 Å². The first-order valence-corrected chi connectivity index (χ1v) is 5.52. The highest BCUT2D eigenvalue weighted by Gasteiger charge is 2.10. The van der Waals surface area contributed by atoms with Gasteiger partial charge in [-0.2, -0.15) is 5.26 Å². The van der Waals surface area contributed by atoms with E-state index >= 15 is 0 Å². The molecule has 17 heavy (non-hydrogen) atoms. The van der Waals surface area contributed by atoms with Gasteiger partial charge in [0.2, 0.25) is 0 Å². The van der Waals surface area contributed by atoms with Crippen LogP contribution >= 0.6 is 11.3 Å². The molecule has 2 rings (SSSR count). The smallest absolute Gasteiger partial charge is 0.268 e. The van der Waals surface area contributed by atoms with Crippen molar-refractivity contribution in [2.24, 2.45) is 0 Å². The first-order chi connectivity index (χ1) is 8.29. The second-order valence-corrected chi connectivity index (χ2v) is 3.91. The van der Waals surface area contributed by atoms with Crippen molar-refractivity contribution in [3.63, 3.8) is 0 Å². The van der Waals surface area contributed by atoms with E-state index in [1.165, 1.54) is 29.9 Å². The quantitative estimate of drug-likeness (QED) is 0.664. The van der Waals surface area contributed by atoms with Crippen molar-refractivity contribution in [2.45, 2.75) is 0 Å². The molecule has 84 valence electrons. The lowest BCUT2D eigenvalue weighted by Crippen LogP contribution is -2.13. The summed E-state index contributed by atoms with van der Waals surface area (Å²) in [5.41, 5.74) is 0.664. The van der Waals surface area contributed by atoms with Crippen molar-refractivity contribution in [3.8, 4) is 6.07 Å². The number of nitriles is 1. The number of anilines is 1. The third-order valence-corrected chi connectivity index (χ3v) is 2.56. The van der Waals surface area contributed by atoms with Crippen molar-refractivity contribution < 1.29 is 9.21 Å². The number of hydrogen-bond acceptors (Lipinski definition) is 5. The van der Waals surface area contributed by atoms with Gasteiger partial charge in [-0.1, -0.05) is 0 Å². The van der Waals surface area contributed by atoms with Gasteiger partial charge in [-0.3, -0.25) is 10.1 Å². The van der Waals surface area contributed by atoms with Gasteiger partial charge in [-0.05, 0) is 12.1 Å². The minimum atomic E-state index is -0.483. The summed E-state index contributed by atoms with van der Waals surface area (Å²) >= 11 is 1.29. The molecule has 0 saturated heterocycles. The Morgan fingerprint density at radius 2 is 2.53 bits per heavy atom. The predicted octanol–water partition coefficient (Wildman–Crippen LogP) is 2.28. The molecule has 5 nitrogen and oxygen atoms in total. The average molecular weight is 245 g/mol. The molecule has 2 heterocycles. The number of thiazole rings is 1. The largest absolute Gasteiger partial charge is 0.472 e. The van der Waals surface area contributed by atoms with E-state index in [4.69, 9.17) is 9.68 Å². The van der Waals surface area contributed by atoms with Crippen LogP contribution in [-0.4, -0.2) is 10.9 Å². The van der Waals surface area contributed by atoms with E-state index in [-0.39, 0.29) is 5.57 Å². The van der Waals surface area contributed by atoms with Crippen LogP contribution in [0.25, 0.3) is 6.08 Å². The number of rotatable bonds is 3. The molecule has 0 spiro atoms. The summed E-state index contributed by atoms with van der Waals surface area (Å²) in [4.78, 5) is 15.6. The highest BCUT2D eigenvalue weighted by molar-refractivity contribution is 7.13. The highest BCUT2D eigenvalue weighted by atomic mass is 32.1. The number of hydrogen-bond donors (Lipinski definition) is 1. The van der Waals surface area contributed by atoms with Crippen LogP contribution in [0.1, 0.15) is 5.56 Å². The molecular formula is C11H7N3O2S. The summed E-state index contributed by atoms with van der Waals surface area (Å²) < 4.78 is 4.85. The Morgan fingerprint density at radius 1 is 1.65 bits per heavy atom. The van der Waals surface area contributed by atoms with E-state index in [0.717, 1.165) is 0 Å². The maximum absolute atomic E-state index is 11.7. The number of carbonyl (C=O) groups excluding carboxylic acids is 1. The molecular weight excluding hydrogens is 238 g/mol. The van der Waals surface area contributed by atoms with Gasteiger partial charge >= 0.3 is 0 Å². The van der Waals surface area contributed by atoms with Gasteiger partial charge in [-0.15, -0.1) is 11.3 Å². The molecule has 1 N–H and O–H groups in total. The van der Waals surface area contributed by atoms with Crippen LogP contribution in [0, 0.1) is 11.3 Å². The summed E-state index contributed by atoms with van der Waals surface area (Å²) in [5.74, 6) is -0.483. The van der Waals surface area contributed by atoms with Gasteiger partial charge in [0.15, 0.2) is 5.13 Å². The molecule has 0 bridgehead atoms. The van der Waals surface area contributed by atoms with Crippen molar-refractivity contribution in [1.29, 1.82) is 5.26 Å². The molecule has 0 unspecified atom stereocenters. The van der Waals surface area contributed by atoms with Gasteiger partial charge in [0, 0.05) is 17.1 Å². The average Bonchev–Trinajstić information content (AvgIpc) is 2.97. The predicted molar refractivity (Wildman–Crippen MR) is 63.0 cm³/mol. The van der Waals surface area contributed by atoms with Crippen molar-refractivity contribution in [3.05, 3.63) is 41.3 Å². The second kappa shape index (κ2) is 5.09. The fourth-order valence-corrected chi connectivity index (χ4v) is 1.65. The molecule has 6 heteroatoms. The van der Waals surface area contributed by atoms with E-state index in [0.29, 0.717) is 10.7 Å². The minimum absolute atomic E-state index is 0.00148. The van der Waals surface area contributed by atoms with E-state index < -0.39 is 5.91 Å². The maximum Gasteiger partial charge on any atom is 0.268 e. The van der Waals surface area contributed by atoms with E-state index in [2.05, 4.69) is 10.3 Å². The molecule has 0 radical (unpaired) electrons. The van der Waals surface area contributed by atoms with Gasteiger partial charge in [0.05, 0.1) is 12.5 Å². The monoisotopic (exact) mass is 245 g/mol. The Balaban J connectivity index is 2.14. The Kier molecular flexibility index (Phi) is 3.33. The van der Waals surface area contributed by atoms with E-state index in [9.17, 15) is 4.79 Å². The lowest BCUT2D eigenvalue weighted by molar-refractivity contribution is -0.112. The van der Waals surface area contributed by atoms with Gasteiger partial charge in [-0.25, -0.2) is 4.98 Å². The normalized spacial score (nSPS) is 10.9.